The maximum atomic E-state index is 13.3. The molecule has 0 bridgehead atoms. The van der Waals surface area contributed by atoms with Crippen LogP contribution in [-0.4, -0.2) is 11.8 Å². The predicted octanol–water partition coefficient (Wildman–Crippen LogP) is 6.07. The van der Waals surface area contributed by atoms with Crippen molar-refractivity contribution in [1.29, 1.82) is 0 Å². The van der Waals surface area contributed by atoms with E-state index in [0.29, 0.717) is 16.3 Å². The van der Waals surface area contributed by atoms with Crippen molar-refractivity contribution in [3.8, 4) is 0 Å². The van der Waals surface area contributed by atoms with E-state index in [1.165, 1.54) is 17.4 Å². The highest BCUT2D eigenvalue weighted by Crippen LogP contribution is 2.37. The zero-order chi connectivity index (χ0) is 20.7. The zero-order valence-electron chi connectivity index (χ0n) is 15.6. The van der Waals surface area contributed by atoms with E-state index < -0.39 is 11.8 Å². The van der Waals surface area contributed by atoms with E-state index in [2.05, 4.69) is 5.32 Å². The average molecular weight is 443 g/mol. The molecule has 0 radical (unpaired) electrons. The molecule has 1 aliphatic heterocycles. The van der Waals surface area contributed by atoms with Gasteiger partial charge in [-0.25, -0.2) is 4.90 Å². The van der Waals surface area contributed by atoms with Gasteiger partial charge in [0.1, 0.15) is 5.70 Å². The number of thiophene rings is 1. The van der Waals surface area contributed by atoms with Crippen LogP contribution in [0.3, 0.4) is 0 Å². The van der Waals surface area contributed by atoms with Crippen LogP contribution in [0.15, 0.2) is 59.6 Å². The predicted molar refractivity (Wildman–Crippen MR) is 120 cm³/mol. The summed E-state index contributed by atoms with van der Waals surface area (Å²) in [6.45, 7) is 3.96. The van der Waals surface area contributed by atoms with Gasteiger partial charge in [-0.3, -0.25) is 9.59 Å². The number of benzene rings is 2. The third-order valence-corrected chi connectivity index (χ3v) is 6.28. The highest BCUT2D eigenvalue weighted by Gasteiger charge is 2.41. The Hall–Kier alpha value is -2.60. The summed E-state index contributed by atoms with van der Waals surface area (Å²) in [5.41, 5.74) is 3.84. The number of rotatable bonds is 4. The number of nitrogens with zero attached hydrogens (tertiary/aromatic N) is 1. The van der Waals surface area contributed by atoms with Crippen LogP contribution in [-0.2, 0) is 9.59 Å². The Kier molecular flexibility index (Phi) is 5.21. The summed E-state index contributed by atoms with van der Waals surface area (Å²) in [5.74, 6) is -0.833. The largest absolute Gasteiger partial charge is 0.350 e. The Morgan fingerprint density at radius 3 is 2.38 bits per heavy atom. The molecular formula is C22H16Cl2N2O2S. The molecule has 3 aromatic rings. The molecule has 2 heterocycles. The number of carbonyl (C=O) groups is 2. The fourth-order valence-electron chi connectivity index (χ4n) is 3.24. The van der Waals surface area contributed by atoms with Gasteiger partial charge in [-0.05, 0) is 55.1 Å². The molecule has 29 heavy (non-hydrogen) atoms. The fourth-order valence-corrected chi connectivity index (χ4v) is 4.30. The molecule has 0 spiro atoms. The second kappa shape index (κ2) is 7.67. The molecule has 0 saturated carbocycles. The maximum absolute atomic E-state index is 13.3. The second-order valence-electron chi connectivity index (χ2n) is 6.71. The minimum atomic E-state index is -0.434. The zero-order valence-corrected chi connectivity index (χ0v) is 18.0. The lowest BCUT2D eigenvalue weighted by molar-refractivity contribution is -0.120. The molecule has 1 N–H and O–H groups in total. The summed E-state index contributed by atoms with van der Waals surface area (Å²) in [6.07, 6.45) is 0. The topological polar surface area (TPSA) is 49.4 Å². The first-order chi connectivity index (χ1) is 13.9. The van der Waals surface area contributed by atoms with Gasteiger partial charge < -0.3 is 5.32 Å². The monoisotopic (exact) mass is 442 g/mol. The SMILES string of the molecule is Cc1ccc(NC2=C(c3cccs3)C(=O)N(c3ccc(Cl)c(Cl)c3)C2=O)c(C)c1. The number of halogens is 2. The molecule has 2 amide bonds. The second-order valence-corrected chi connectivity index (χ2v) is 8.48. The number of aryl methyl sites for hydroxylation is 2. The van der Waals surface area contributed by atoms with Crippen LogP contribution in [0, 0.1) is 13.8 Å². The van der Waals surface area contributed by atoms with Gasteiger partial charge in [0.05, 0.1) is 21.3 Å². The van der Waals surface area contributed by atoms with Crippen molar-refractivity contribution in [3.63, 3.8) is 0 Å². The minimum Gasteiger partial charge on any atom is -0.350 e. The van der Waals surface area contributed by atoms with Crippen LogP contribution in [0.5, 0.6) is 0 Å². The third kappa shape index (κ3) is 3.57. The number of imide groups is 1. The standard InChI is InChI=1S/C22H16Cl2N2O2S/c1-12-5-8-17(13(2)10-12)25-20-19(18-4-3-9-29-18)21(27)26(22(20)28)14-6-7-15(23)16(24)11-14/h3-11,25H,1-2H3. The Morgan fingerprint density at radius 1 is 0.931 bits per heavy atom. The van der Waals surface area contributed by atoms with Gasteiger partial charge in [0.15, 0.2) is 0 Å². The van der Waals surface area contributed by atoms with Crippen molar-refractivity contribution >= 4 is 63.3 Å². The van der Waals surface area contributed by atoms with Crippen molar-refractivity contribution in [3.05, 3.63) is 85.7 Å². The molecule has 146 valence electrons. The summed E-state index contributed by atoms with van der Waals surface area (Å²) in [6, 6.07) is 14.3. The summed E-state index contributed by atoms with van der Waals surface area (Å²) in [5, 5.41) is 5.70. The van der Waals surface area contributed by atoms with Gasteiger partial charge in [-0.15, -0.1) is 11.3 Å². The molecule has 1 aromatic heterocycles. The molecule has 0 fully saturated rings. The molecule has 0 unspecified atom stereocenters. The van der Waals surface area contributed by atoms with Crippen LogP contribution in [0.2, 0.25) is 10.0 Å². The van der Waals surface area contributed by atoms with E-state index in [1.54, 1.807) is 12.1 Å². The van der Waals surface area contributed by atoms with E-state index in [1.807, 2.05) is 49.6 Å². The van der Waals surface area contributed by atoms with Gasteiger partial charge in [0.25, 0.3) is 11.8 Å². The summed E-state index contributed by atoms with van der Waals surface area (Å²) in [7, 11) is 0. The number of hydrogen-bond acceptors (Lipinski definition) is 4. The number of hydrogen-bond donors (Lipinski definition) is 1. The van der Waals surface area contributed by atoms with Gasteiger partial charge in [0.2, 0.25) is 0 Å². The number of carbonyl (C=O) groups excluding carboxylic acids is 2. The van der Waals surface area contributed by atoms with E-state index in [-0.39, 0.29) is 10.7 Å². The Balaban J connectivity index is 1.81. The van der Waals surface area contributed by atoms with Crippen molar-refractivity contribution in [2.75, 3.05) is 10.2 Å². The normalized spacial score (nSPS) is 14.1. The lowest BCUT2D eigenvalue weighted by atomic mass is 10.1. The Morgan fingerprint density at radius 2 is 1.72 bits per heavy atom. The fraction of sp³-hybridized carbons (Fsp3) is 0.0909. The molecule has 4 rings (SSSR count). The summed E-state index contributed by atoms with van der Waals surface area (Å²) >= 11 is 13.5. The first kappa shape index (κ1) is 19.7. The molecule has 4 nitrogen and oxygen atoms in total. The lowest BCUT2D eigenvalue weighted by Gasteiger charge is -2.16. The first-order valence-electron chi connectivity index (χ1n) is 8.83. The molecule has 0 saturated heterocycles. The summed E-state index contributed by atoms with van der Waals surface area (Å²) in [4.78, 5) is 28.5. The minimum absolute atomic E-state index is 0.246. The van der Waals surface area contributed by atoms with Gasteiger partial charge in [-0.1, -0.05) is 47.0 Å². The third-order valence-electron chi connectivity index (χ3n) is 4.65. The van der Waals surface area contributed by atoms with Crippen molar-refractivity contribution in [2.24, 2.45) is 0 Å². The quantitative estimate of drug-likeness (QED) is 0.498. The van der Waals surface area contributed by atoms with Crippen molar-refractivity contribution < 1.29 is 9.59 Å². The summed E-state index contributed by atoms with van der Waals surface area (Å²) < 4.78 is 0. The van der Waals surface area contributed by atoms with Crippen LogP contribution in [0.25, 0.3) is 5.57 Å². The van der Waals surface area contributed by atoms with E-state index in [0.717, 1.165) is 26.6 Å². The Bertz CT molecular complexity index is 1170. The van der Waals surface area contributed by atoms with Gasteiger partial charge in [-0.2, -0.15) is 0 Å². The van der Waals surface area contributed by atoms with Crippen LogP contribution < -0.4 is 10.2 Å². The molecule has 7 heteroatoms. The van der Waals surface area contributed by atoms with Gasteiger partial charge >= 0.3 is 0 Å². The molecular weight excluding hydrogens is 427 g/mol. The molecule has 2 aromatic carbocycles. The average Bonchev–Trinajstić information content (AvgIpc) is 3.27. The smallest absolute Gasteiger partial charge is 0.282 e. The van der Waals surface area contributed by atoms with E-state index in [4.69, 9.17) is 23.2 Å². The molecule has 0 atom stereocenters. The molecule has 0 aliphatic carbocycles. The van der Waals surface area contributed by atoms with Crippen LogP contribution in [0.1, 0.15) is 16.0 Å². The first-order valence-corrected chi connectivity index (χ1v) is 10.5. The number of amides is 2. The van der Waals surface area contributed by atoms with Crippen molar-refractivity contribution in [2.45, 2.75) is 13.8 Å². The van der Waals surface area contributed by atoms with Crippen molar-refractivity contribution in [1.82, 2.24) is 0 Å². The highest BCUT2D eigenvalue weighted by atomic mass is 35.5. The highest BCUT2D eigenvalue weighted by molar-refractivity contribution is 7.11. The molecule has 1 aliphatic rings. The van der Waals surface area contributed by atoms with Gasteiger partial charge in [0, 0.05) is 10.6 Å². The lowest BCUT2D eigenvalue weighted by Crippen LogP contribution is -2.32. The van der Waals surface area contributed by atoms with Crippen LogP contribution >= 0.6 is 34.5 Å². The number of anilines is 2. The maximum Gasteiger partial charge on any atom is 0.282 e. The Labute approximate surface area is 182 Å². The van der Waals surface area contributed by atoms with E-state index in [9.17, 15) is 9.59 Å². The number of nitrogens with one attached hydrogen (secondary N) is 1. The van der Waals surface area contributed by atoms with E-state index >= 15 is 0 Å². The van der Waals surface area contributed by atoms with Crippen LogP contribution in [0.4, 0.5) is 11.4 Å².